The van der Waals surface area contributed by atoms with Gasteiger partial charge in [-0.3, -0.25) is 9.69 Å². The summed E-state index contributed by atoms with van der Waals surface area (Å²) in [6, 6.07) is 12.1. The fraction of sp³-hybridized carbons (Fsp3) is 0.389. The maximum Gasteiger partial charge on any atom is 0.251 e. The SMILES string of the molecule is Cc1ccccc1C(=O)NC1CCN(Cc2ccc(Cl)s2)CC1. The van der Waals surface area contributed by atoms with Gasteiger partial charge in [0.1, 0.15) is 0 Å². The molecular weight excluding hydrogens is 328 g/mol. The first-order valence-electron chi connectivity index (χ1n) is 7.95. The van der Waals surface area contributed by atoms with Gasteiger partial charge in [-0.2, -0.15) is 0 Å². The van der Waals surface area contributed by atoms with Gasteiger partial charge in [-0.15, -0.1) is 11.3 Å². The summed E-state index contributed by atoms with van der Waals surface area (Å²) in [5.74, 6) is 0.0478. The predicted molar refractivity (Wildman–Crippen MR) is 96.3 cm³/mol. The predicted octanol–water partition coefficient (Wildman–Crippen LogP) is 4.10. The molecule has 1 N–H and O–H groups in total. The summed E-state index contributed by atoms with van der Waals surface area (Å²) in [5.41, 5.74) is 1.81. The second kappa shape index (κ2) is 7.47. The molecule has 2 aromatic rings. The summed E-state index contributed by atoms with van der Waals surface area (Å²) < 4.78 is 0.848. The van der Waals surface area contributed by atoms with Crippen LogP contribution in [-0.2, 0) is 6.54 Å². The van der Waals surface area contributed by atoms with Gasteiger partial charge in [0.2, 0.25) is 0 Å². The Morgan fingerprint density at radius 3 is 2.65 bits per heavy atom. The minimum atomic E-state index is 0.0478. The van der Waals surface area contributed by atoms with E-state index in [-0.39, 0.29) is 11.9 Å². The second-order valence-corrected chi connectivity index (χ2v) is 7.84. The first-order chi connectivity index (χ1) is 11.1. The van der Waals surface area contributed by atoms with E-state index >= 15 is 0 Å². The molecule has 0 aliphatic carbocycles. The molecule has 0 saturated carbocycles. The lowest BCUT2D eigenvalue weighted by molar-refractivity contribution is 0.0908. The van der Waals surface area contributed by atoms with Gasteiger partial charge < -0.3 is 5.32 Å². The molecule has 0 radical (unpaired) electrons. The Hall–Kier alpha value is -1.36. The molecule has 23 heavy (non-hydrogen) atoms. The summed E-state index contributed by atoms with van der Waals surface area (Å²) in [6.45, 7) is 4.95. The van der Waals surface area contributed by atoms with Crippen molar-refractivity contribution in [2.45, 2.75) is 32.4 Å². The molecule has 3 rings (SSSR count). The monoisotopic (exact) mass is 348 g/mol. The number of amides is 1. The summed E-state index contributed by atoms with van der Waals surface area (Å²) in [7, 11) is 0. The summed E-state index contributed by atoms with van der Waals surface area (Å²) in [4.78, 5) is 16.1. The number of nitrogens with one attached hydrogen (secondary N) is 1. The van der Waals surface area contributed by atoms with Crippen molar-refractivity contribution in [1.29, 1.82) is 0 Å². The molecule has 1 saturated heterocycles. The zero-order chi connectivity index (χ0) is 16.2. The van der Waals surface area contributed by atoms with Gasteiger partial charge in [0.05, 0.1) is 4.34 Å². The van der Waals surface area contributed by atoms with Crippen molar-refractivity contribution in [2.75, 3.05) is 13.1 Å². The van der Waals surface area contributed by atoms with E-state index in [2.05, 4.69) is 16.3 Å². The van der Waals surface area contributed by atoms with Crippen LogP contribution in [0.15, 0.2) is 36.4 Å². The van der Waals surface area contributed by atoms with Crippen molar-refractivity contribution in [3.63, 3.8) is 0 Å². The highest BCUT2D eigenvalue weighted by Gasteiger charge is 2.22. The molecule has 0 spiro atoms. The van der Waals surface area contributed by atoms with E-state index in [1.54, 1.807) is 11.3 Å². The number of hydrogen-bond acceptors (Lipinski definition) is 3. The highest BCUT2D eigenvalue weighted by Crippen LogP contribution is 2.24. The van der Waals surface area contributed by atoms with Gasteiger partial charge in [-0.05, 0) is 43.5 Å². The first-order valence-corrected chi connectivity index (χ1v) is 9.14. The number of carbonyl (C=O) groups excluding carboxylic acids is 1. The van der Waals surface area contributed by atoms with Crippen LogP contribution in [0.2, 0.25) is 4.34 Å². The molecule has 1 aromatic carbocycles. The number of carbonyl (C=O) groups is 1. The molecule has 1 amide bonds. The van der Waals surface area contributed by atoms with Crippen LogP contribution < -0.4 is 5.32 Å². The number of piperidine rings is 1. The van der Waals surface area contributed by atoms with Crippen molar-refractivity contribution in [3.05, 3.63) is 56.7 Å². The number of rotatable bonds is 4. The Morgan fingerprint density at radius 1 is 1.26 bits per heavy atom. The maximum atomic E-state index is 12.4. The van der Waals surface area contributed by atoms with Crippen LogP contribution in [0.3, 0.4) is 0 Å². The Balaban J connectivity index is 1.49. The van der Waals surface area contributed by atoms with Gasteiger partial charge >= 0.3 is 0 Å². The minimum absolute atomic E-state index is 0.0478. The molecule has 122 valence electrons. The lowest BCUT2D eigenvalue weighted by Gasteiger charge is -2.32. The van der Waals surface area contributed by atoms with E-state index in [4.69, 9.17) is 11.6 Å². The number of thiophene rings is 1. The number of likely N-dealkylation sites (tertiary alicyclic amines) is 1. The van der Waals surface area contributed by atoms with Crippen LogP contribution in [0, 0.1) is 6.92 Å². The first kappa shape index (κ1) is 16.5. The fourth-order valence-corrected chi connectivity index (χ4v) is 4.11. The number of aryl methyl sites for hydroxylation is 1. The van der Waals surface area contributed by atoms with Gasteiger partial charge in [0, 0.05) is 36.1 Å². The number of halogens is 1. The molecule has 3 nitrogen and oxygen atoms in total. The van der Waals surface area contributed by atoms with E-state index < -0.39 is 0 Å². The van der Waals surface area contributed by atoms with Crippen molar-refractivity contribution >= 4 is 28.8 Å². The lowest BCUT2D eigenvalue weighted by Crippen LogP contribution is -2.44. The summed E-state index contributed by atoms with van der Waals surface area (Å²) >= 11 is 7.63. The van der Waals surface area contributed by atoms with Gasteiger partial charge in [0.15, 0.2) is 0 Å². The van der Waals surface area contributed by atoms with Gasteiger partial charge in [-0.1, -0.05) is 29.8 Å². The number of hydrogen-bond donors (Lipinski definition) is 1. The third-order valence-electron chi connectivity index (χ3n) is 4.32. The zero-order valence-electron chi connectivity index (χ0n) is 13.2. The smallest absolute Gasteiger partial charge is 0.251 e. The van der Waals surface area contributed by atoms with E-state index in [0.717, 1.165) is 47.9 Å². The minimum Gasteiger partial charge on any atom is -0.349 e. The molecule has 0 atom stereocenters. The fourth-order valence-electron chi connectivity index (χ4n) is 2.98. The third kappa shape index (κ3) is 4.34. The average molecular weight is 349 g/mol. The van der Waals surface area contributed by atoms with Gasteiger partial charge in [-0.25, -0.2) is 0 Å². The maximum absolute atomic E-state index is 12.4. The van der Waals surface area contributed by atoms with Gasteiger partial charge in [0.25, 0.3) is 5.91 Å². The zero-order valence-corrected chi connectivity index (χ0v) is 14.8. The van der Waals surface area contributed by atoms with Crippen LogP contribution in [0.5, 0.6) is 0 Å². The molecule has 2 heterocycles. The van der Waals surface area contributed by atoms with Crippen molar-refractivity contribution in [1.82, 2.24) is 10.2 Å². The van der Waals surface area contributed by atoms with Crippen LogP contribution in [0.1, 0.15) is 33.6 Å². The van der Waals surface area contributed by atoms with E-state index in [0.29, 0.717) is 0 Å². The van der Waals surface area contributed by atoms with E-state index in [9.17, 15) is 4.79 Å². The highest BCUT2D eigenvalue weighted by atomic mass is 35.5. The van der Waals surface area contributed by atoms with Crippen LogP contribution >= 0.6 is 22.9 Å². The Morgan fingerprint density at radius 2 is 2.00 bits per heavy atom. The normalized spacial score (nSPS) is 16.4. The largest absolute Gasteiger partial charge is 0.349 e. The van der Waals surface area contributed by atoms with E-state index in [1.807, 2.05) is 37.3 Å². The lowest BCUT2D eigenvalue weighted by atomic mass is 10.0. The molecule has 0 unspecified atom stereocenters. The second-order valence-electron chi connectivity index (χ2n) is 6.04. The number of benzene rings is 1. The van der Waals surface area contributed by atoms with Crippen LogP contribution in [-0.4, -0.2) is 29.9 Å². The molecule has 5 heteroatoms. The Labute approximate surface area is 146 Å². The van der Waals surface area contributed by atoms with E-state index in [1.165, 1.54) is 4.88 Å². The molecule has 1 fully saturated rings. The summed E-state index contributed by atoms with van der Waals surface area (Å²) in [5, 5.41) is 3.18. The van der Waals surface area contributed by atoms with Crippen molar-refractivity contribution < 1.29 is 4.79 Å². The number of nitrogens with zero attached hydrogens (tertiary/aromatic N) is 1. The average Bonchev–Trinajstić information content (AvgIpc) is 2.95. The molecule has 1 aliphatic rings. The molecule has 1 aromatic heterocycles. The van der Waals surface area contributed by atoms with Crippen molar-refractivity contribution in [3.8, 4) is 0 Å². The molecular formula is C18H21ClN2OS. The Bertz CT molecular complexity index is 677. The standard InChI is InChI=1S/C18H21ClN2OS/c1-13-4-2-3-5-16(13)18(22)20-14-8-10-21(11-9-14)12-15-6-7-17(19)23-15/h2-7,14H,8-12H2,1H3,(H,20,22). The van der Waals surface area contributed by atoms with Crippen molar-refractivity contribution in [2.24, 2.45) is 0 Å². The summed E-state index contributed by atoms with van der Waals surface area (Å²) in [6.07, 6.45) is 1.99. The Kier molecular flexibility index (Phi) is 5.36. The molecule has 1 aliphatic heterocycles. The van der Waals surface area contributed by atoms with Crippen LogP contribution in [0.25, 0.3) is 0 Å². The highest BCUT2D eigenvalue weighted by molar-refractivity contribution is 7.16. The topological polar surface area (TPSA) is 32.3 Å². The quantitative estimate of drug-likeness (QED) is 0.902. The third-order valence-corrected chi connectivity index (χ3v) is 5.54. The molecule has 0 bridgehead atoms. The van der Waals surface area contributed by atoms with Crippen LogP contribution in [0.4, 0.5) is 0 Å².